The molecule has 0 aliphatic carbocycles. The molecule has 2 heterocycles. The van der Waals surface area contributed by atoms with Crippen molar-refractivity contribution in [3.8, 4) is 0 Å². The summed E-state index contributed by atoms with van der Waals surface area (Å²) in [5.74, 6) is 0.173. The van der Waals surface area contributed by atoms with E-state index in [2.05, 4.69) is 10.3 Å². The molecule has 8 nitrogen and oxygen atoms in total. The molecule has 0 fully saturated rings. The molecule has 0 aliphatic heterocycles. The van der Waals surface area contributed by atoms with E-state index in [-0.39, 0.29) is 5.82 Å². The van der Waals surface area contributed by atoms with Crippen LogP contribution in [-0.2, 0) is 20.6 Å². The topological polar surface area (TPSA) is 77.1 Å². The van der Waals surface area contributed by atoms with Crippen LogP contribution in [-0.4, -0.2) is 50.8 Å². The Labute approximate surface area is 155 Å². The molecule has 0 saturated carbocycles. The van der Waals surface area contributed by atoms with E-state index in [1.54, 1.807) is 23.7 Å². The Morgan fingerprint density at radius 1 is 1.11 bits per heavy atom. The van der Waals surface area contributed by atoms with Gasteiger partial charge >= 0.3 is 5.69 Å². The summed E-state index contributed by atoms with van der Waals surface area (Å²) in [4.78, 5) is 31.5. The molecule has 0 atom stereocenters. The van der Waals surface area contributed by atoms with E-state index in [0.717, 1.165) is 16.7 Å². The highest BCUT2D eigenvalue weighted by Gasteiger charge is 2.19. The van der Waals surface area contributed by atoms with Crippen LogP contribution in [0, 0.1) is 5.82 Å². The average Bonchev–Trinajstić information content (AvgIpc) is 2.98. The molecule has 0 amide bonds. The fourth-order valence-electron chi connectivity index (χ4n) is 2.90. The van der Waals surface area contributed by atoms with Gasteiger partial charge in [-0.1, -0.05) is 12.1 Å². The van der Waals surface area contributed by atoms with Gasteiger partial charge in [0, 0.05) is 27.2 Å². The van der Waals surface area contributed by atoms with E-state index in [9.17, 15) is 14.0 Å². The Bertz CT molecular complexity index is 1080. The molecule has 0 saturated heterocycles. The van der Waals surface area contributed by atoms with E-state index >= 15 is 0 Å². The van der Waals surface area contributed by atoms with Crippen LogP contribution in [0.15, 0.2) is 33.9 Å². The number of rotatable bonds is 6. The number of likely N-dealkylation sites (N-methyl/N-ethyl adjacent to an activating group) is 1. The van der Waals surface area contributed by atoms with Gasteiger partial charge in [-0.2, -0.15) is 4.98 Å². The van der Waals surface area contributed by atoms with E-state index in [1.807, 2.05) is 19.0 Å². The fraction of sp³-hybridized carbons (Fsp3) is 0.389. The van der Waals surface area contributed by atoms with Crippen LogP contribution in [0.2, 0.25) is 0 Å². The number of hydrogen-bond acceptors (Lipinski definition) is 5. The van der Waals surface area contributed by atoms with Gasteiger partial charge in [0.25, 0.3) is 5.56 Å². The fourth-order valence-corrected chi connectivity index (χ4v) is 2.90. The van der Waals surface area contributed by atoms with Crippen LogP contribution < -0.4 is 16.6 Å². The van der Waals surface area contributed by atoms with Crippen LogP contribution in [0.3, 0.4) is 0 Å². The molecule has 3 aromatic rings. The van der Waals surface area contributed by atoms with Gasteiger partial charge in [-0.05, 0) is 31.8 Å². The first-order valence-corrected chi connectivity index (χ1v) is 8.59. The lowest BCUT2D eigenvalue weighted by atomic mass is 10.2. The molecule has 2 aromatic heterocycles. The molecular formula is C18H23FN6O2. The number of imidazole rings is 1. The number of benzene rings is 1. The zero-order chi connectivity index (χ0) is 19.7. The van der Waals surface area contributed by atoms with Gasteiger partial charge in [0.05, 0.1) is 6.54 Å². The molecule has 0 radical (unpaired) electrons. The summed E-state index contributed by atoms with van der Waals surface area (Å²) in [6.07, 6.45) is 0. The minimum absolute atomic E-state index is 0.317. The second-order valence-electron chi connectivity index (χ2n) is 6.76. The summed E-state index contributed by atoms with van der Waals surface area (Å²) in [6.45, 7) is 1.72. The van der Waals surface area contributed by atoms with Crippen molar-refractivity contribution < 1.29 is 4.39 Å². The first kappa shape index (κ1) is 18.8. The van der Waals surface area contributed by atoms with Crippen molar-refractivity contribution in [2.75, 3.05) is 32.5 Å². The van der Waals surface area contributed by atoms with Crippen molar-refractivity contribution in [1.82, 2.24) is 23.6 Å². The van der Waals surface area contributed by atoms with E-state index in [0.29, 0.717) is 30.2 Å². The van der Waals surface area contributed by atoms with Crippen LogP contribution >= 0.6 is 0 Å². The Kier molecular flexibility index (Phi) is 5.13. The summed E-state index contributed by atoms with van der Waals surface area (Å²) >= 11 is 0. The molecule has 27 heavy (non-hydrogen) atoms. The van der Waals surface area contributed by atoms with E-state index in [4.69, 9.17) is 0 Å². The largest absolute Gasteiger partial charge is 0.354 e. The summed E-state index contributed by atoms with van der Waals surface area (Å²) in [5.41, 5.74) is 0.623. The highest BCUT2D eigenvalue weighted by molar-refractivity contribution is 5.74. The number of hydrogen-bond donors (Lipinski definition) is 1. The number of halogens is 1. The van der Waals surface area contributed by atoms with Gasteiger partial charge in [0.2, 0.25) is 5.95 Å². The lowest BCUT2D eigenvalue weighted by Gasteiger charge is -2.13. The van der Waals surface area contributed by atoms with Gasteiger partial charge in [-0.25, -0.2) is 9.18 Å². The summed E-state index contributed by atoms with van der Waals surface area (Å²) in [6, 6.07) is 6.08. The van der Waals surface area contributed by atoms with Crippen molar-refractivity contribution in [1.29, 1.82) is 0 Å². The minimum Gasteiger partial charge on any atom is -0.354 e. The van der Waals surface area contributed by atoms with Crippen LogP contribution in [0.5, 0.6) is 0 Å². The van der Waals surface area contributed by atoms with Crippen molar-refractivity contribution in [2.24, 2.45) is 14.1 Å². The van der Waals surface area contributed by atoms with Gasteiger partial charge < -0.3 is 10.2 Å². The third-order valence-electron chi connectivity index (χ3n) is 4.44. The average molecular weight is 374 g/mol. The van der Waals surface area contributed by atoms with Crippen LogP contribution in [0.25, 0.3) is 11.2 Å². The van der Waals surface area contributed by atoms with Crippen molar-refractivity contribution in [2.45, 2.75) is 6.54 Å². The number of aromatic nitrogens is 4. The minimum atomic E-state index is -0.432. The second-order valence-corrected chi connectivity index (χ2v) is 6.76. The molecule has 0 spiro atoms. The summed E-state index contributed by atoms with van der Waals surface area (Å²) < 4.78 is 17.4. The summed E-state index contributed by atoms with van der Waals surface area (Å²) in [7, 11) is 6.95. The quantitative estimate of drug-likeness (QED) is 0.684. The molecule has 1 aromatic carbocycles. The van der Waals surface area contributed by atoms with Crippen molar-refractivity contribution in [3.63, 3.8) is 0 Å². The molecule has 9 heteroatoms. The van der Waals surface area contributed by atoms with Crippen LogP contribution in [0.4, 0.5) is 10.3 Å². The molecule has 0 bridgehead atoms. The number of nitrogens with zero attached hydrogens (tertiary/aromatic N) is 5. The second kappa shape index (κ2) is 7.36. The van der Waals surface area contributed by atoms with Crippen molar-refractivity contribution >= 4 is 17.1 Å². The molecule has 0 unspecified atom stereocenters. The van der Waals surface area contributed by atoms with E-state index in [1.165, 1.54) is 23.7 Å². The SMILES string of the molecule is CN(C)CCNc1nc2c(c(=O)n(C)c(=O)n2C)n1Cc1ccc(F)cc1. The molecule has 0 aliphatic rings. The highest BCUT2D eigenvalue weighted by atomic mass is 19.1. The predicted octanol–water partition coefficient (Wildman–Crippen LogP) is 0.595. The number of fused-ring (bicyclic) bond motifs is 1. The standard InChI is InChI=1S/C18H23FN6O2/c1-22(2)10-9-20-17-21-15-14(16(26)24(4)18(27)23(15)3)25(17)11-12-5-7-13(19)8-6-12/h5-8H,9-11H2,1-4H3,(H,20,21). The van der Waals surface area contributed by atoms with Gasteiger partial charge in [0.15, 0.2) is 11.2 Å². The number of nitrogens with one attached hydrogen (secondary N) is 1. The Balaban J connectivity index is 2.15. The normalized spacial score (nSPS) is 11.5. The van der Waals surface area contributed by atoms with Crippen LogP contribution in [0.1, 0.15) is 5.56 Å². The van der Waals surface area contributed by atoms with Gasteiger partial charge in [-0.3, -0.25) is 18.5 Å². The molecule has 1 N–H and O–H groups in total. The first-order valence-electron chi connectivity index (χ1n) is 8.59. The van der Waals surface area contributed by atoms with Crippen molar-refractivity contribution in [3.05, 3.63) is 56.5 Å². The van der Waals surface area contributed by atoms with Gasteiger partial charge in [-0.15, -0.1) is 0 Å². The molecule has 3 rings (SSSR count). The lowest BCUT2D eigenvalue weighted by Crippen LogP contribution is -2.37. The zero-order valence-electron chi connectivity index (χ0n) is 15.9. The molecular weight excluding hydrogens is 351 g/mol. The number of anilines is 1. The number of aryl methyl sites for hydroxylation is 1. The maximum atomic E-state index is 13.2. The highest BCUT2D eigenvalue weighted by Crippen LogP contribution is 2.18. The zero-order valence-corrected chi connectivity index (χ0v) is 15.9. The Hall–Kier alpha value is -2.94. The Morgan fingerprint density at radius 2 is 1.78 bits per heavy atom. The van der Waals surface area contributed by atoms with E-state index < -0.39 is 11.2 Å². The lowest BCUT2D eigenvalue weighted by molar-refractivity contribution is 0.424. The molecule has 144 valence electrons. The summed E-state index contributed by atoms with van der Waals surface area (Å²) in [5, 5.41) is 3.23. The maximum absolute atomic E-state index is 13.2. The van der Waals surface area contributed by atoms with Gasteiger partial charge in [0.1, 0.15) is 5.82 Å². The Morgan fingerprint density at radius 3 is 2.41 bits per heavy atom. The predicted molar refractivity (Wildman–Crippen MR) is 103 cm³/mol. The maximum Gasteiger partial charge on any atom is 0.332 e. The first-order chi connectivity index (χ1) is 12.8. The third kappa shape index (κ3) is 3.63. The monoisotopic (exact) mass is 374 g/mol. The smallest absolute Gasteiger partial charge is 0.332 e. The third-order valence-corrected chi connectivity index (χ3v) is 4.44.